The van der Waals surface area contributed by atoms with Gasteiger partial charge in [-0.1, -0.05) is 62.4 Å². The van der Waals surface area contributed by atoms with Crippen molar-refractivity contribution in [3.63, 3.8) is 0 Å². The standard InChI is InChI=1S/C22H25N3O3/c1-15(2)12-13-19-17-10-6-7-11-18(17)24-21(26)20(23-19)25-22(27)28-14-16-8-4-3-5-9-16/h3-11,15,20H,12-14H2,1-2H3,(H,24,26)(H,25,27). The summed E-state index contributed by atoms with van der Waals surface area (Å²) >= 11 is 0. The molecule has 1 atom stereocenters. The largest absolute Gasteiger partial charge is 0.445 e. The maximum atomic E-state index is 12.6. The number of amides is 2. The Morgan fingerprint density at radius 3 is 2.61 bits per heavy atom. The smallest absolute Gasteiger partial charge is 0.409 e. The van der Waals surface area contributed by atoms with Gasteiger partial charge in [0, 0.05) is 17.0 Å². The highest BCUT2D eigenvalue weighted by atomic mass is 16.5. The normalized spacial score (nSPS) is 15.9. The minimum atomic E-state index is -1.03. The molecular formula is C22H25N3O3. The molecule has 0 radical (unpaired) electrons. The number of carbonyl (C=O) groups excluding carboxylic acids is 2. The van der Waals surface area contributed by atoms with E-state index in [0.29, 0.717) is 11.6 Å². The van der Waals surface area contributed by atoms with Gasteiger partial charge < -0.3 is 10.1 Å². The van der Waals surface area contributed by atoms with Crippen molar-refractivity contribution in [1.29, 1.82) is 0 Å². The van der Waals surface area contributed by atoms with Crippen molar-refractivity contribution in [3.05, 3.63) is 65.7 Å². The second-order valence-electron chi connectivity index (χ2n) is 7.15. The monoisotopic (exact) mass is 379 g/mol. The van der Waals surface area contributed by atoms with Crippen molar-refractivity contribution in [3.8, 4) is 0 Å². The van der Waals surface area contributed by atoms with Gasteiger partial charge in [0.15, 0.2) is 0 Å². The van der Waals surface area contributed by atoms with E-state index in [2.05, 4.69) is 29.5 Å². The van der Waals surface area contributed by atoms with Crippen LogP contribution in [0.5, 0.6) is 0 Å². The van der Waals surface area contributed by atoms with Crippen molar-refractivity contribution < 1.29 is 14.3 Å². The Labute approximate surface area is 165 Å². The van der Waals surface area contributed by atoms with Gasteiger partial charge in [0.2, 0.25) is 6.17 Å². The van der Waals surface area contributed by atoms with E-state index in [0.717, 1.165) is 29.7 Å². The highest BCUT2D eigenvalue weighted by Crippen LogP contribution is 2.23. The molecule has 1 aliphatic heterocycles. The van der Waals surface area contributed by atoms with Crippen LogP contribution in [0.15, 0.2) is 59.6 Å². The highest BCUT2D eigenvalue weighted by molar-refractivity contribution is 6.12. The molecule has 28 heavy (non-hydrogen) atoms. The predicted molar refractivity (Wildman–Crippen MR) is 109 cm³/mol. The molecule has 0 fully saturated rings. The van der Waals surface area contributed by atoms with Crippen LogP contribution in [-0.2, 0) is 16.1 Å². The average Bonchev–Trinajstić information content (AvgIpc) is 2.82. The number of aliphatic imine (C=N–C) groups is 1. The van der Waals surface area contributed by atoms with Gasteiger partial charge in [0.1, 0.15) is 6.61 Å². The van der Waals surface area contributed by atoms with E-state index in [1.165, 1.54) is 0 Å². The third-order valence-corrected chi connectivity index (χ3v) is 4.45. The van der Waals surface area contributed by atoms with E-state index in [4.69, 9.17) is 4.74 Å². The molecule has 2 amide bonds. The number of fused-ring (bicyclic) bond motifs is 1. The number of carbonyl (C=O) groups is 2. The SMILES string of the molecule is CC(C)CCC1=NC(NC(=O)OCc2ccccc2)C(=O)Nc2ccccc21. The zero-order chi connectivity index (χ0) is 19.9. The third kappa shape index (κ3) is 5.19. The first-order valence-corrected chi connectivity index (χ1v) is 9.47. The predicted octanol–water partition coefficient (Wildman–Crippen LogP) is 4.12. The maximum absolute atomic E-state index is 12.6. The van der Waals surface area contributed by atoms with Gasteiger partial charge in [-0.15, -0.1) is 0 Å². The molecule has 0 saturated heterocycles. The summed E-state index contributed by atoms with van der Waals surface area (Å²) in [6, 6.07) is 16.9. The first-order chi connectivity index (χ1) is 13.5. The van der Waals surface area contributed by atoms with Gasteiger partial charge in [-0.05, 0) is 30.4 Å². The highest BCUT2D eigenvalue weighted by Gasteiger charge is 2.26. The summed E-state index contributed by atoms with van der Waals surface area (Å²) in [6.07, 6.45) is -0.0484. The molecule has 6 nitrogen and oxygen atoms in total. The maximum Gasteiger partial charge on any atom is 0.409 e. The molecular weight excluding hydrogens is 354 g/mol. The van der Waals surface area contributed by atoms with Crippen LogP contribution < -0.4 is 10.6 Å². The van der Waals surface area contributed by atoms with Gasteiger partial charge in [-0.2, -0.15) is 0 Å². The minimum absolute atomic E-state index is 0.130. The zero-order valence-corrected chi connectivity index (χ0v) is 16.1. The second-order valence-corrected chi connectivity index (χ2v) is 7.15. The zero-order valence-electron chi connectivity index (χ0n) is 16.1. The lowest BCUT2D eigenvalue weighted by atomic mass is 9.99. The van der Waals surface area contributed by atoms with Crippen molar-refractivity contribution in [2.24, 2.45) is 10.9 Å². The first-order valence-electron chi connectivity index (χ1n) is 9.47. The van der Waals surface area contributed by atoms with Gasteiger partial charge in [0.25, 0.3) is 5.91 Å². The number of rotatable bonds is 6. The molecule has 3 rings (SSSR count). The van der Waals surface area contributed by atoms with Gasteiger partial charge in [-0.3, -0.25) is 15.1 Å². The Balaban J connectivity index is 1.73. The lowest BCUT2D eigenvalue weighted by Crippen LogP contribution is -2.42. The summed E-state index contributed by atoms with van der Waals surface area (Å²) in [7, 11) is 0. The van der Waals surface area contributed by atoms with Crippen molar-refractivity contribution in [2.75, 3.05) is 5.32 Å². The number of nitrogens with one attached hydrogen (secondary N) is 2. The van der Waals surface area contributed by atoms with Crippen LogP contribution in [0.2, 0.25) is 0 Å². The molecule has 2 aromatic carbocycles. The molecule has 0 aromatic heterocycles. The van der Waals surface area contributed by atoms with E-state index < -0.39 is 12.3 Å². The molecule has 2 aromatic rings. The number of benzodiazepines with no additional fused rings is 1. The summed E-state index contributed by atoms with van der Waals surface area (Å²) < 4.78 is 5.23. The number of alkyl carbamates (subject to hydrolysis) is 1. The van der Waals surface area contributed by atoms with Crippen LogP contribution in [0.25, 0.3) is 0 Å². The molecule has 1 unspecified atom stereocenters. The summed E-state index contributed by atoms with van der Waals surface area (Å²) in [5.74, 6) is 0.118. The van der Waals surface area contributed by atoms with Crippen LogP contribution >= 0.6 is 0 Å². The Bertz CT molecular complexity index is 862. The van der Waals surface area contributed by atoms with Crippen LogP contribution in [0.3, 0.4) is 0 Å². The number of para-hydroxylation sites is 1. The van der Waals surface area contributed by atoms with Crippen LogP contribution in [0.1, 0.15) is 37.8 Å². The Kier molecular flexibility index (Phi) is 6.42. The number of nitrogens with zero attached hydrogens (tertiary/aromatic N) is 1. The summed E-state index contributed by atoms with van der Waals surface area (Å²) in [4.78, 5) is 29.3. The van der Waals surface area contributed by atoms with Gasteiger partial charge >= 0.3 is 6.09 Å². The number of anilines is 1. The summed E-state index contributed by atoms with van der Waals surface area (Å²) in [6.45, 7) is 4.41. The minimum Gasteiger partial charge on any atom is -0.445 e. The van der Waals surface area contributed by atoms with Crippen LogP contribution in [0, 0.1) is 5.92 Å². The fraction of sp³-hybridized carbons (Fsp3) is 0.318. The second kappa shape index (κ2) is 9.17. The van der Waals surface area contributed by atoms with Gasteiger partial charge in [-0.25, -0.2) is 4.79 Å². The quantitative estimate of drug-likeness (QED) is 0.792. The third-order valence-electron chi connectivity index (χ3n) is 4.45. The van der Waals surface area contributed by atoms with E-state index in [1.807, 2.05) is 54.6 Å². The Hall–Kier alpha value is -3.15. The molecule has 0 aliphatic carbocycles. The van der Waals surface area contributed by atoms with E-state index in [1.54, 1.807) is 0 Å². The molecule has 2 N–H and O–H groups in total. The summed E-state index contributed by atoms with van der Waals surface area (Å²) in [5.41, 5.74) is 3.27. The lowest BCUT2D eigenvalue weighted by molar-refractivity contribution is -0.117. The molecule has 6 heteroatoms. The van der Waals surface area contributed by atoms with Crippen molar-refractivity contribution in [1.82, 2.24) is 5.32 Å². The first kappa shape index (κ1) is 19.6. The topological polar surface area (TPSA) is 79.8 Å². The Morgan fingerprint density at radius 2 is 1.86 bits per heavy atom. The number of hydrogen-bond acceptors (Lipinski definition) is 4. The van der Waals surface area contributed by atoms with Crippen molar-refractivity contribution in [2.45, 2.75) is 39.5 Å². The fourth-order valence-electron chi connectivity index (χ4n) is 2.93. The fourth-order valence-corrected chi connectivity index (χ4v) is 2.93. The number of ether oxygens (including phenoxy) is 1. The van der Waals surface area contributed by atoms with E-state index in [-0.39, 0.29) is 12.5 Å². The van der Waals surface area contributed by atoms with Crippen LogP contribution in [-0.4, -0.2) is 23.9 Å². The molecule has 0 bridgehead atoms. The number of benzene rings is 2. The lowest BCUT2D eigenvalue weighted by Gasteiger charge is -2.13. The molecule has 1 aliphatic rings. The summed E-state index contributed by atoms with van der Waals surface area (Å²) in [5, 5.41) is 5.42. The van der Waals surface area contributed by atoms with E-state index in [9.17, 15) is 9.59 Å². The van der Waals surface area contributed by atoms with Crippen LogP contribution in [0.4, 0.5) is 10.5 Å². The van der Waals surface area contributed by atoms with E-state index >= 15 is 0 Å². The average molecular weight is 379 g/mol. The Morgan fingerprint density at radius 1 is 1.14 bits per heavy atom. The molecule has 1 heterocycles. The molecule has 0 spiro atoms. The van der Waals surface area contributed by atoms with Crippen molar-refractivity contribution >= 4 is 23.4 Å². The van der Waals surface area contributed by atoms with Gasteiger partial charge in [0.05, 0.1) is 0 Å². The molecule has 0 saturated carbocycles. The number of hydrogen-bond donors (Lipinski definition) is 2. The molecule has 146 valence electrons.